The van der Waals surface area contributed by atoms with Gasteiger partial charge in [0.1, 0.15) is 0 Å². The summed E-state index contributed by atoms with van der Waals surface area (Å²) in [6.45, 7) is 3.13. The molecular weight excluding hydrogens is 619 g/mol. The van der Waals surface area contributed by atoms with Crippen LogP contribution in [0.4, 0.5) is 0 Å². The first-order chi connectivity index (χ1) is 22.2. The van der Waals surface area contributed by atoms with Gasteiger partial charge in [0.25, 0.3) is 11.8 Å². The first-order valence-corrected chi connectivity index (χ1v) is 16.2. The number of amides is 2. The van der Waals surface area contributed by atoms with Crippen LogP contribution in [-0.2, 0) is 4.84 Å². The number of fused-ring (bicyclic) bond motifs is 1. The second-order valence-electron chi connectivity index (χ2n) is 11.9. The molecule has 0 unspecified atom stereocenters. The highest BCUT2D eigenvalue weighted by atomic mass is 35.5. The van der Waals surface area contributed by atoms with E-state index in [4.69, 9.17) is 28.0 Å². The highest BCUT2D eigenvalue weighted by Crippen LogP contribution is 2.33. The molecule has 2 amide bonds. The van der Waals surface area contributed by atoms with Gasteiger partial charge >= 0.3 is 0 Å². The number of carbonyl (C=O) groups excluding carboxylic acids is 2. The number of rotatable bonds is 10. The van der Waals surface area contributed by atoms with E-state index in [9.17, 15) is 14.9 Å². The fourth-order valence-corrected chi connectivity index (χ4v) is 6.71. The smallest absolute Gasteiger partial charge is 0.277 e. The number of likely N-dealkylation sites (tertiary alicyclic amines) is 1. The molecule has 46 heavy (non-hydrogen) atoms. The van der Waals surface area contributed by atoms with Gasteiger partial charge in [-0.15, -0.1) is 0 Å². The molecule has 0 saturated carbocycles. The van der Waals surface area contributed by atoms with Crippen molar-refractivity contribution in [3.8, 4) is 6.07 Å². The van der Waals surface area contributed by atoms with Crippen LogP contribution in [-0.4, -0.2) is 74.1 Å². The Bertz CT molecular complexity index is 1760. The van der Waals surface area contributed by atoms with E-state index in [1.54, 1.807) is 18.0 Å². The molecule has 7 nitrogen and oxygen atoms in total. The van der Waals surface area contributed by atoms with Crippen molar-refractivity contribution in [3.63, 3.8) is 0 Å². The number of piperidine rings is 1. The molecule has 5 rings (SSSR count). The molecule has 1 heterocycles. The number of likely N-dealkylation sites (N-methyl/N-ethyl adjacent to an activating group) is 1. The normalized spacial score (nSPS) is 14.5. The number of hydrogen-bond acceptors (Lipinski definition) is 5. The van der Waals surface area contributed by atoms with Gasteiger partial charge in [0.15, 0.2) is 0 Å². The molecule has 0 radical (unpaired) electrons. The van der Waals surface area contributed by atoms with Crippen LogP contribution in [0.1, 0.15) is 68.5 Å². The van der Waals surface area contributed by atoms with E-state index < -0.39 is 0 Å². The maximum Gasteiger partial charge on any atom is 0.277 e. The molecule has 0 spiro atoms. The molecule has 1 saturated heterocycles. The summed E-state index contributed by atoms with van der Waals surface area (Å²) in [7, 11) is 4.93. The molecular formula is C37H38Cl2N4O3. The van der Waals surface area contributed by atoms with Crippen molar-refractivity contribution < 1.29 is 14.4 Å². The molecule has 0 N–H and O–H groups in total. The Morgan fingerprint density at radius 3 is 2.37 bits per heavy atom. The zero-order chi connectivity index (χ0) is 32.8. The number of hydrogen-bond donors (Lipinski definition) is 0. The molecule has 4 aromatic rings. The Kier molecular flexibility index (Phi) is 11.0. The fraction of sp³-hybridized carbons (Fsp3) is 0.324. The Labute approximate surface area is 280 Å². The number of benzene rings is 4. The Morgan fingerprint density at radius 2 is 1.65 bits per heavy atom. The van der Waals surface area contributed by atoms with Crippen LogP contribution in [0.25, 0.3) is 10.8 Å². The van der Waals surface area contributed by atoms with Crippen LogP contribution in [0.2, 0.25) is 10.0 Å². The molecule has 0 aliphatic carbocycles. The van der Waals surface area contributed by atoms with E-state index in [1.165, 1.54) is 12.2 Å². The molecule has 1 aliphatic rings. The lowest BCUT2D eigenvalue weighted by atomic mass is 9.86. The summed E-state index contributed by atoms with van der Waals surface area (Å²) in [5.74, 6) is 0.0209. The van der Waals surface area contributed by atoms with Gasteiger partial charge < -0.3 is 9.80 Å². The van der Waals surface area contributed by atoms with Gasteiger partial charge in [0, 0.05) is 37.7 Å². The summed E-state index contributed by atoms with van der Waals surface area (Å²) in [5, 5.41) is 13.5. The van der Waals surface area contributed by atoms with Gasteiger partial charge in [0.05, 0.1) is 28.8 Å². The second-order valence-corrected chi connectivity index (χ2v) is 12.7. The third-order valence-electron chi connectivity index (χ3n) is 9.05. The Balaban J connectivity index is 1.29. The van der Waals surface area contributed by atoms with Gasteiger partial charge in [0.2, 0.25) is 0 Å². The third-order valence-corrected chi connectivity index (χ3v) is 9.79. The van der Waals surface area contributed by atoms with Crippen LogP contribution in [0, 0.1) is 11.3 Å². The minimum absolute atomic E-state index is 0.00906. The topological polar surface area (TPSA) is 76.9 Å². The summed E-state index contributed by atoms with van der Waals surface area (Å²) >= 11 is 12.7. The minimum atomic E-state index is -0.143. The summed E-state index contributed by atoms with van der Waals surface area (Å²) in [6, 6.07) is 26.8. The van der Waals surface area contributed by atoms with E-state index in [2.05, 4.69) is 17.0 Å². The van der Waals surface area contributed by atoms with Crippen molar-refractivity contribution in [1.29, 1.82) is 5.26 Å². The zero-order valence-corrected chi connectivity index (χ0v) is 27.9. The van der Waals surface area contributed by atoms with Crippen molar-refractivity contribution >= 4 is 45.8 Å². The highest BCUT2D eigenvalue weighted by Gasteiger charge is 2.27. The lowest BCUT2D eigenvalue weighted by molar-refractivity contribution is -0.0758. The fourth-order valence-electron chi connectivity index (χ4n) is 6.41. The average molecular weight is 658 g/mol. The van der Waals surface area contributed by atoms with E-state index in [1.807, 2.05) is 73.8 Å². The predicted octanol–water partition coefficient (Wildman–Crippen LogP) is 7.78. The van der Waals surface area contributed by atoms with Gasteiger partial charge in [-0.2, -0.15) is 5.26 Å². The van der Waals surface area contributed by atoms with Crippen LogP contribution < -0.4 is 0 Å². The average Bonchev–Trinajstić information content (AvgIpc) is 3.09. The molecule has 4 aromatic carbocycles. The van der Waals surface area contributed by atoms with Crippen molar-refractivity contribution in [2.45, 2.75) is 31.1 Å². The van der Waals surface area contributed by atoms with E-state index in [0.717, 1.165) is 60.8 Å². The Morgan fingerprint density at radius 1 is 0.935 bits per heavy atom. The molecule has 238 valence electrons. The van der Waals surface area contributed by atoms with Crippen LogP contribution in [0.5, 0.6) is 0 Å². The molecule has 0 aromatic heterocycles. The highest BCUT2D eigenvalue weighted by molar-refractivity contribution is 6.42. The van der Waals surface area contributed by atoms with Crippen molar-refractivity contribution in [1.82, 2.24) is 14.9 Å². The number of nitriles is 1. The first kappa shape index (κ1) is 33.4. The van der Waals surface area contributed by atoms with Crippen LogP contribution in [0.3, 0.4) is 0 Å². The third kappa shape index (κ3) is 7.54. The molecule has 9 heteroatoms. The summed E-state index contributed by atoms with van der Waals surface area (Å²) < 4.78 is 0. The monoisotopic (exact) mass is 656 g/mol. The Hall–Kier alpha value is -3.93. The first-order valence-electron chi connectivity index (χ1n) is 15.5. The number of hydroxylamine groups is 2. The minimum Gasteiger partial charge on any atom is -0.341 e. The lowest BCUT2D eigenvalue weighted by Gasteiger charge is -2.34. The predicted molar refractivity (Wildman–Crippen MR) is 183 cm³/mol. The van der Waals surface area contributed by atoms with Gasteiger partial charge in [-0.05, 0) is 97.0 Å². The van der Waals surface area contributed by atoms with Crippen molar-refractivity contribution in [2.24, 2.45) is 0 Å². The van der Waals surface area contributed by atoms with Gasteiger partial charge in [-0.3, -0.25) is 14.4 Å². The van der Waals surface area contributed by atoms with Crippen molar-refractivity contribution in [3.05, 3.63) is 117 Å². The van der Waals surface area contributed by atoms with E-state index >= 15 is 0 Å². The van der Waals surface area contributed by atoms with Gasteiger partial charge in [-0.25, -0.2) is 5.06 Å². The molecule has 0 bridgehead atoms. The maximum absolute atomic E-state index is 13.9. The quantitative estimate of drug-likeness (QED) is 0.163. The van der Waals surface area contributed by atoms with E-state index in [-0.39, 0.29) is 23.7 Å². The second kappa shape index (κ2) is 15.1. The molecule has 1 fully saturated rings. The standard InChI is InChI=1S/C37H38Cl2N4O3/c1-41(36(44)33-21-25(23-40)20-28-8-4-5-10-31(28)33)24-29(27-12-13-34(38)35(39)22-27)16-19-43-17-14-26(15-18-43)30-9-6-7-11-32(30)37(45)42(2)46-3/h4-13,20-22,26,29H,14-19,24H2,1-3H3/t29-/m1/s1. The van der Waals surface area contributed by atoms with E-state index in [0.29, 0.717) is 33.3 Å². The number of carbonyl (C=O) groups is 2. The summed E-state index contributed by atoms with van der Waals surface area (Å²) in [4.78, 5) is 36.1. The van der Waals surface area contributed by atoms with Gasteiger partial charge in [-0.1, -0.05) is 71.7 Å². The number of nitrogens with zero attached hydrogens (tertiary/aromatic N) is 4. The molecule has 1 atom stereocenters. The SMILES string of the molecule is CON(C)C(=O)c1ccccc1C1CCN(CC[C@H](CN(C)C(=O)c2cc(C#N)cc3ccccc23)c2ccc(Cl)c(Cl)c2)CC1. The lowest BCUT2D eigenvalue weighted by Crippen LogP contribution is -2.37. The summed E-state index contributed by atoms with van der Waals surface area (Å²) in [5.41, 5.74) is 3.75. The number of halogens is 2. The van der Waals surface area contributed by atoms with Crippen molar-refractivity contribution in [2.75, 3.05) is 47.4 Å². The maximum atomic E-state index is 13.9. The molecule has 1 aliphatic heterocycles. The van der Waals surface area contributed by atoms with Crippen LogP contribution in [0.15, 0.2) is 78.9 Å². The van der Waals surface area contributed by atoms with Crippen LogP contribution >= 0.6 is 23.2 Å². The zero-order valence-electron chi connectivity index (χ0n) is 26.4. The summed E-state index contributed by atoms with van der Waals surface area (Å²) in [6.07, 6.45) is 2.70. The largest absolute Gasteiger partial charge is 0.341 e.